The first-order valence-electron chi connectivity index (χ1n) is 25.4. The van der Waals surface area contributed by atoms with Crippen LogP contribution in [0, 0.1) is 0 Å². The van der Waals surface area contributed by atoms with E-state index in [1.54, 1.807) is 19.2 Å². The molecule has 0 spiro atoms. The highest BCUT2D eigenvalue weighted by Crippen LogP contribution is 2.37. The molecule has 0 unspecified atom stereocenters. The number of hydrogen-bond acceptors (Lipinski definition) is 18. The van der Waals surface area contributed by atoms with Gasteiger partial charge < -0.3 is 50.0 Å². The summed E-state index contributed by atoms with van der Waals surface area (Å²) in [4.78, 5) is 37.5. The molecule has 80 heavy (non-hydrogen) atoms. The van der Waals surface area contributed by atoms with Crippen LogP contribution in [0.2, 0.25) is 0 Å². The Labute approximate surface area is 460 Å². The number of sulfonamides is 3. The Morgan fingerprint density at radius 2 is 0.675 bits per heavy atom. The highest BCUT2D eigenvalue weighted by molar-refractivity contribution is 7.90. The van der Waals surface area contributed by atoms with Gasteiger partial charge in [-0.15, -0.1) is 0 Å². The van der Waals surface area contributed by atoms with Crippen molar-refractivity contribution >= 4 is 107 Å². The number of benzene rings is 4. The van der Waals surface area contributed by atoms with E-state index >= 15 is 0 Å². The molecule has 0 amide bonds. The molecule has 4 aromatic carbocycles. The van der Waals surface area contributed by atoms with Crippen molar-refractivity contribution in [3.05, 3.63) is 94.7 Å². The summed E-state index contributed by atoms with van der Waals surface area (Å²) in [5, 5.41) is 30.4. The third-order valence-electron chi connectivity index (χ3n) is 13.5. The van der Waals surface area contributed by atoms with Crippen LogP contribution < -0.4 is 36.1 Å². The van der Waals surface area contributed by atoms with Gasteiger partial charge in [-0.3, -0.25) is 4.55 Å². The Morgan fingerprint density at radius 1 is 0.388 bits per heavy atom. The number of aliphatic hydroxyl groups is 3. The van der Waals surface area contributed by atoms with Crippen molar-refractivity contribution in [2.75, 3.05) is 99.9 Å². The summed E-state index contributed by atoms with van der Waals surface area (Å²) < 4.78 is 127. The van der Waals surface area contributed by atoms with Gasteiger partial charge in [0.05, 0.1) is 39.4 Å². The van der Waals surface area contributed by atoms with Gasteiger partial charge in [0.1, 0.15) is 45.2 Å². The molecule has 428 valence electrons. The smallest absolute Gasteiger partial charge is 0.294 e. The first-order valence-corrected chi connectivity index (χ1v) is 31.3. The van der Waals surface area contributed by atoms with Gasteiger partial charge in [0.25, 0.3) is 10.1 Å². The maximum Gasteiger partial charge on any atom is 0.294 e. The summed E-state index contributed by atoms with van der Waals surface area (Å²) in [6, 6.07) is 17.0. The molecule has 0 aliphatic carbocycles. The van der Waals surface area contributed by atoms with Crippen molar-refractivity contribution in [3.8, 4) is 0 Å². The first-order chi connectivity index (χ1) is 38.1. The van der Waals surface area contributed by atoms with Crippen molar-refractivity contribution in [2.24, 2.45) is 20.0 Å². The van der Waals surface area contributed by atoms with Gasteiger partial charge in [0.2, 0.25) is 30.1 Å². The highest BCUT2D eigenvalue weighted by Gasteiger charge is 2.23. The average molecular weight is 1180 g/mol. The van der Waals surface area contributed by atoms with Crippen LogP contribution in [0.4, 0.5) is 23.3 Å². The van der Waals surface area contributed by atoms with Gasteiger partial charge in [-0.2, -0.15) is 8.42 Å². The van der Waals surface area contributed by atoms with E-state index in [-0.39, 0.29) is 116 Å². The molecule has 0 saturated carbocycles. The number of H-pyrrole nitrogens is 4. The lowest BCUT2D eigenvalue weighted by atomic mass is 10.2. The summed E-state index contributed by atoms with van der Waals surface area (Å²) in [5.74, 6) is 0.408. The summed E-state index contributed by atoms with van der Waals surface area (Å²) in [6.07, 6.45) is 1.34. The molecule has 1 aliphatic heterocycles. The molecule has 4 aromatic heterocycles. The van der Waals surface area contributed by atoms with Gasteiger partial charge in [0, 0.05) is 82.4 Å². The molecule has 8 aromatic rings. The van der Waals surface area contributed by atoms with Gasteiger partial charge in [0.15, 0.2) is 0 Å². The Bertz CT molecular complexity index is 4370. The number of hydrogen-bond donors (Lipinski definition) is 11. The average Bonchev–Trinajstić information content (AvgIpc) is 4.31. The number of likely N-dealkylation sites (N-methyl/N-ethyl adjacent to an activating group) is 3. The van der Waals surface area contributed by atoms with E-state index in [1.165, 1.54) is 60.7 Å². The number of fused-ring (bicyclic) bond motifs is 20. The lowest BCUT2D eigenvalue weighted by molar-refractivity contribution is 0.220. The zero-order valence-corrected chi connectivity index (χ0v) is 47.1. The monoisotopic (exact) mass is 1180 g/mol. The van der Waals surface area contributed by atoms with E-state index in [2.05, 4.69) is 34.1 Å². The van der Waals surface area contributed by atoms with Gasteiger partial charge >= 0.3 is 0 Å². The minimum absolute atomic E-state index is 0.00250. The molecular weight excluding hydrogens is 1120 g/mol. The van der Waals surface area contributed by atoms with Crippen LogP contribution in [0.3, 0.4) is 0 Å². The maximum absolute atomic E-state index is 13.9. The highest BCUT2D eigenvalue weighted by atomic mass is 32.2. The van der Waals surface area contributed by atoms with Crippen LogP contribution in [0.5, 0.6) is 0 Å². The Hall–Kier alpha value is -6.36. The number of aromatic nitrogens is 4. The second kappa shape index (κ2) is 24.0. The third-order valence-corrected chi connectivity index (χ3v) is 18.8. The van der Waals surface area contributed by atoms with E-state index < -0.39 is 45.1 Å². The number of aliphatic hydroxyl groups excluding tert-OH is 3. The van der Waals surface area contributed by atoms with Crippen LogP contribution in [0.25, 0.3) is 43.1 Å². The van der Waals surface area contributed by atoms with Crippen LogP contribution in [-0.2, 0) is 40.2 Å². The predicted molar refractivity (Wildman–Crippen MR) is 299 cm³/mol. The lowest BCUT2D eigenvalue weighted by Gasteiger charge is -2.14. The summed E-state index contributed by atoms with van der Waals surface area (Å²) in [7, 11) is -11.7. The minimum Gasteiger partial charge on any atom is -0.395 e. The second-order valence-corrected chi connectivity index (χ2v) is 26.1. The number of nitrogens with zero attached hydrogens (tertiary/aromatic N) is 7. The van der Waals surface area contributed by atoms with E-state index in [9.17, 15) is 53.5 Å². The molecule has 11 N–H and O–H groups in total. The SMILES string of the molecule is CN(CCO)CCCNS(=O)(=O)c1ccc2c3[nH]c(c2c1)/N=c1\[nH]/c(c2cc(S(=O)(=O)NCCCN(C)CCO)ccc12)=N\c1[nH]c(c2ccc(S(=O)(=O)O)cc12)/N=c1\[nH]/c(c2ccc(S(=O)(=O)NCCCN(C)CCO)cc12)=N\3. The molecule has 0 atom stereocenters. The van der Waals surface area contributed by atoms with E-state index in [4.69, 9.17) is 20.0 Å². The number of rotatable bonds is 25. The summed E-state index contributed by atoms with van der Waals surface area (Å²) >= 11 is 0. The number of nitrogens with one attached hydrogen (secondary N) is 7. The molecule has 30 heteroatoms. The van der Waals surface area contributed by atoms with Crippen LogP contribution in [0.1, 0.15) is 19.3 Å². The standard InChI is InChI=1S/C50H62N14O12S4/c1-62(21-24-65)18-4-15-51-77(68,69)31-7-11-35-39(27-31)47-55-43(35)54-44-36-12-8-32(78(70,71)52-16-5-19-63(2)22-25-66)28-40(36)48(56-44)58-46-38-14-10-34(80(74,75)76)30-42(38)50(60-46)61-49-41-29-33(9-13-37(41)45(57-47)59-49)79(72,73)53-17-6-20-64(3)23-26-67/h7-14,27-30,51-53,65-67H,4-6,15-26H2,1-3H3,(H,74,75,76)(H4,54,55,56,57,58,59,60,61). The molecule has 0 saturated heterocycles. The fourth-order valence-corrected chi connectivity index (χ4v) is 13.1. The normalized spacial score (nSPS) is 15.2. The molecule has 9 rings (SSSR count). The molecule has 0 radical (unpaired) electrons. The topological polar surface area (TPSA) is 376 Å². The quantitative estimate of drug-likeness (QED) is 0.0278. The summed E-state index contributed by atoms with van der Waals surface area (Å²) in [5.41, 5.74) is 0.456. The second-order valence-electron chi connectivity index (χ2n) is 19.4. The van der Waals surface area contributed by atoms with Gasteiger partial charge in [-0.25, -0.2) is 59.4 Å². The van der Waals surface area contributed by atoms with Crippen molar-refractivity contribution < 1.29 is 53.5 Å². The lowest BCUT2D eigenvalue weighted by Crippen LogP contribution is -2.29. The molecule has 5 heterocycles. The first kappa shape index (κ1) is 58.3. The van der Waals surface area contributed by atoms with Crippen LogP contribution >= 0.6 is 0 Å². The van der Waals surface area contributed by atoms with Gasteiger partial charge in [-0.05, 0) is 133 Å². The fraction of sp³-hybridized carbons (Fsp3) is 0.360. The predicted octanol–water partition coefficient (Wildman–Crippen LogP) is 0.755. The minimum atomic E-state index is -4.77. The fourth-order valence-electron chi connectivity index (χ4n) is 9.27. The zero-order valence-electron chi connectivity index (χ0n) is 43.9. The van der Waals surface area contributed by atoms with Gasteiger partial charge in [-0.1, -0.05) is 0 Å². The van der Waals surface area contributed by atoms with Crippen molar-refractivity contribution in [3.63, 3.8) is 0 Å². The van der Waals surface area contributed by atoms with E-state index in [0.717, 1.165) is 0 Å². The van der Waals surface area contributed by atoms with Crippen molar-refractivity contribution in [2.45, 2.75) is 38.8 Å². The Kier molecular flexibility index (Phi) is 17.5. The van der Waals surface area contributed by atoms with Crippen LogP contribution in [-0.4, -0.2) is 188 Å². The number of aromatic amines is 4. The van der Waals surface area contributed by atoms with E-state index in [1.807, 2.05) is 28.8 Å². The molecule has 0 fully saturated rings. The molecule has 26 nitrogen and oxygen atoms in total. The largest absolute Gasteiger partial charge is 0.395 e. The zero-order chi connectivity index (χ0) is 57.1. The maximum atomic E-state index is 13.9. The molecular formula is C50H62N14O12S4. The Morgan fingerprint density at radius 3 is 1.01 bits per heavy atom. The van der Waals surface area contributed by atoms with E-state index in [0.29, 0.717) is 85.5 Å². The van der Waals surface area contributed by atoms with Crippen molar-refractivity contribution in [1.82, 2.24) is 48.8 Å². The third kappa shape index (κ3) is 12.9. The van der Waals surface area contributed by atoms with Crippen LogP contribution in [0.15, 0.2) is 112 Å². The van der Waals surface area contributed by atoms with Crippen molar-refractivity contribution in [1.29, 1.82) is 0 Å². The molecule has 1 aliphatic rings. The summed E-state index contributed by atoms with van der Waals surface area (Å²) in [6.45, 7) is 2.95. The molecule has 8 bridgehead atoms. The Balaban J connectivity index is 1.27.